The molecule has 0 N–H and O–H groups in total. The minimum absolute atomic E-state index is 0.0765. The molecule has 1 aliphatic heterocycles. The lowest BCUT2D eigenvalue weighted by Gasteiger charge is -2.29. The standard InChI is InChI=1S/C12H12BrFN2O3S/c13-9-3-4-12(11(14)6-9)20(18,19)16-5-1-2-10(7-16)15-8-17/h3-4,6,10H,1-2,5,7H2. The molecule has 1 aliphatic rings. The summed E-state index contributed by atoms with van der Waals surface area (Å²) in [7, 11) is -3.91. The van der Waals surface area contributed by atoms with Gasteiger partial charge in [-0.3, -0.25) is 0 Å². The van der Waals surface area contributed by atoms with E-state index >= 15 is 0 Å². The van der Waals surface area contributed by atoms with Gasteiger partial charge in [-0.2, -0.15) is 4.31 Å². The van der Waals surface area contributed by atoms with Gasteiger partial charge >= 0.3 is 0 Å². The first-order chi connectivity index (χ1) is 9.45. The van der Waals surface area contributed by atoms with E-state index < -0.39 is 21.9 Å². The summed E-state index contributed by atoms with van der Waals surface area (Å²) >= 11 is 3.08. The second-order valence-corrected chi connectivity index (χ2v) is 7.28. The predicted molar refractivity (Wildman–Crippen MR) is 74.0 cm³/mol. The van der Waals surface area contributed by atoms with Crippen LogP contribution in [-0.2, 0) is 14.8 Å². The van der Waals surface area contributed by atoms with E-state index in [4.69, 9.17) is 0 Å². The molecule has 0 amide bonds. The van der Waals surface area contributed by atoms with Crippen LogP contribution in [0.2, 0.25) is 0 Å². The Labute approximate surface area is 124 Å². The first-order valence-electron chi connectivity index (χ1n) is 5.97. The number of nitrogens with zero attached hydrogens (tertiary/aromatic N) is 2. The van der Waals surface area contributed by atoms with Crippen LogP contribution in [-0.4, -0.2) is 37.9 Å². The summed E-state index contributed by atoms with van der Waals surface area (Å²) in [5.74, 6) is -0.805. The summed E-state index contributed by atoms with van der Waals surface area (Å²) in [6.45, 7) is 0.371. The molecule has 1 heterocycles. The third kappa shape index (κ3) is 3.15. The van der Waals surface area contributed by atoms with Crippen LogP contribution in [0.3, 0.4) is 0 Å². The summed E-state index contributed by atoms with van der Waals surface area (Å²) in [6, 6.07) is 3.40. The van der Waals surface area contributed by atoms with Crippen LogP contribution >= 0.6 is 15.9 Å². The van der Waals surface area contributed by atoms with Crippen molar-refractivity contribution < 1.29 is 17.6 Å². The smallest absolute Gasteiger partial charge is 0.211 e. The van der Waals surface area contributed by atoms with Crippen molar-refractivity contribution in [2.45, 2.75) is 23.8 Å². The van der Waals surface area contributed by atoms with Gasteiger partial charge in [-0.15, -0.1) is 0 Å². The third-order valence-electron chi connectivity index (χ3n) is 3.11. The topological polar surface area (TPSA) is 66.8 Å². The first kappa shape index (κ1) is 15.3. The molecule has 1 saturated heterocycles. The van der Waals surface area contributed by atoms with Crippen molar-refractivity contribution in [3.8, 4) is 0 Å². The van der Waals surface area contributed by atoms with Gasteiger partial charge < -0.3 is 0 Å². The summed E-state index contributed by atoms with van der Waals surface area (Å²) in [5.41, 5.74) is 0. The lowest BCUT2D eigenvalue weighted by atomic mass is 10.1. The van der Waals surface area contributed by atoms with Crippen LogP contribution in [0.5, 0.6) is 0 Å². The van der Waals surface area contributed by atoms with E-state index in [1.165, 1.54) is 18.2 Å². The molecule has 0 bridgehead atoms. The van der Waals surface area contributed by atoms with Crippen molar-refractivity contribution in [3.05, 3.63) is 28.5 Å². The number of hydrogen-bond acceptors (Lipinski definition) is 4. The zero-order valence-electron chi connectivity index (χ0n) is 10.4. The molecule has 1 fully saturated rings. The Morgan fingerprint density at radius 2 is 2.20 bits per heavy atom. The van der Waals surface area contributed by atoms with Crippen LogP contribution in [0.4, 0.5) is 4.39 Å². The van der Waals surface area contributed by atoms with Gasteiger partial charge in [0.1, 0.15) is 10.7 Å². The van der Waals surface area contributed by atoms with E-state index in [1.54, 1.807) is 0 Å². The number of carbonyl (C=O) groups excluding carboxylic acids is 1. The van der Waals surface area contributed by atoms with Gasteiger partial charge in [-0.1, -0.05) is 15.9 Å². The molecule has 1 aromatic rings. The highest BCUT2D eigenvalue weighted by atomic mass is 79.9. The van der Waals surface area contributed by atoms with E-state index in [1.807, 2.05) is 0 Å². The molecular weight excluding hydrogens is 351 g/mol. The third-order valence-corrected chi connectivity index (χ3v) is 5.50. The Hall–Kier alpha value is -1.08. The maximum absolute atomic E-state index is 13.8. The maximum Gasteiger partial charge on any atom is 0.246 e. The molecule has 1 unspecified atom stereocenters. The van der Waals surface area contributed by atoms with Crippen molar-refractivity contribution in [1.82, 2.24) is 4.31 Å². The lowest BCUT2D eigenvalue weighted by molar-refractivity contribution is 0.315. The summed E-state index contributed by atoms with van der Waals surface area (Å²) in [6.07, 6.45) is 2.65. The fourth-order valence-corrected chi connectivity index (χ4v) is 4.04. The largest absolute Gasteiger partial charge is 0.246 e. The molecule has 108 valence electrons. The number of isocyanates is 1. The number of aliphatic imine (C=N–C) groups is 1. The van der Waals surface area contributed by atoms with E-state index in [0.29, 0.717) is 23.9 Å². The fraction of sp³-hybridized carbons (Fsp3) is 0.417. The maximum atomic E-state index is 13.8. The minimum atomic E-state index is -3.91. The average Bonchev–Trinajstić information content (AvgIpc) is 2.39. The number of halogens is 2. The van der Waals surface area contributed by atoms with Crippen LogP contribution in [0.25, 0.3) is 0 Å². The molecule has 0 aromatic heterocycles. The van der Waals surface area contributed by atoms with Crippen molar-refractivity contribution in [1.29, 1.82) is 0 Å². The molecule has 0 spiro atoms. The van der Waals surface area contributed by atoms with Crippen molar-refractivity contribution in [3.63, 3.8) is 0 Å². The van der Waals surface area contributed by atoms with Crippen LogP contribution < -0.4 is 0 Å². The number of piperidine rings is 1. The average molecular weight is 363 g/mol. The number of hydrogen-bond donors (Lipinski definition) is 0. The van der Waals surface area contributed by atoms with E-state index in [-0.39, 0.29) is 11.4 Å². The molecule has 5 nitrogen and oxygen atoms in total. The highest BCUT2D eigenvalue weighted by Crippen LogP contribution is 2.25. The van der Waals surface area contributed by atoms with Gasteiger partial charge in [-0.25, -0.2) is 22.6 Å². The van der Waals surface area contributed by atoms with Crippen LogP contribution in [0.1, 0.15) is 12.8 Å². The van der Waals surface area contributed by atoms with Crippen LogP contribution in [0.15, 0.2) is 32.6 Å². The van der Waals surface area contributed by atoms with Crippen molar-refractivity contribution in [2.75, 3.05) is 13.1 Å². The second kappa shape index (κ2) is 6.13. The predicted octanol–water partition coefficient (Wildman–Crippen LogP) is 2.08. The van der Waals surface area contributed by atoms with E-state index in [0.717, 1.165) is 10.4 Å². The normalized spacial score (nSPS) is 20.4. The molecule has 20 heavy (non-hydrogen) atoms. The molecular formula is C12H12BrFN2O3S. The Kier molecular flexibility index (Phi) is 4.70. The van der Waals surface area contributed by atoms with Gasteiger partial charge in [0.2, 0.25) is 16.1 Å². The van der Waals surface area contributed by atoms with Crippen molar-refractivity contribution >= 4 is 32.0 Å². The molecule has 0 radical (unpaired) electrons. The molecule has 1 atom stereocenters. The number of rotatable bonds is 3. The zero-order valence-corrected chi connectivity index (χ0v) is 12.8. The monoisotopic (exact) mass is 362 g/mol. The number of benzene rings is 1. The SMILES string of the molecule is O=C=NC1CCCN(S(=O)(=O)c2ccc(Br)cc2F)C1. The quantitative estimate of drug-likeness (QED) is 0.610. The van der Waals surface area contributed by atoms with Gasteiger partial charge in [0.05, 0.1) is 6.04 Å². The Bertz CT molecular complexity index is 659. The molecule has 2 rings (SSSR count). The zero-order chi connectivity index (χ0) is 14.8. The molecule has 1 aromatic carbocycles. The van der Waals surface area contributed by atoms with Crippen LogP contribution in [0, 0.1) is 5.82 Å². The van der Waals surface area contributed by atoms with E-state index in [9.17, 15) is 17.6 Å². The van der Waals surface area contributed by atoms with Gasteiger partial charge in [0.15, 0.2) is 0 Å². The summed E-state index contributed by atoms with van der Waals surface area (Å²) in [4.78, 5) is 13.5. The first-order valence-corrected chi connectivity index (χ1v) is 8.20. The highest BCUT2D eigenvalue weighted by Gasteiger charge is 2.32. The molecule has 0 aliphatic carbocycles. The second-order valence-electron chi connectivity index (χ2n) is 4.45. The Morgan fingerprint density at radius 3 is 2.85 bits per heavy atom. The van der Waals surface area contributed by atoms with Gasteiger partial charge in [0.25, 0.3) is 0 Å². The molecule has 0 saturated carbocycles. The highest BCUT2D eigenvalue weighted by molar-refractivity contribution is 9.10. The van der Waals surface area contributed by atoms with Gasteiger partial charge in [0, 0.05) is 17.6 Å². The lowest BCUT2D eigenvalue weighted by Crippen LogP contribution is -2.41. The van der Waals surface area contributed by atoms with Crippen molar-refractivity contribution in [2.24, 2.45) is 4.99 Å². The Balaban J connectivity index is 2.32. The summed E-state index contributed by atoms with van der Waals surface area (Å²) in [5, 5.41) is 0. The number of sulfonamides is 1. The van der Waals surface area contributed by atoms with Gasteiger partial charge in [-0.05, 0) is 31.0 Å². The summed E-state index contributed by atoms with van der Waals surface area (Å²) < 4.78 is 40.3. The minimum Gasteiger partial charge on any atom is -0.211 e. The molecule has 8 heteroatoms. The van der Waals surface area contributed by atoms with E-state index in [2.05, 4.69) is 20.9 Å². The fourth-order valence-electron chi connectivity index (χ4n) is 2.14. The Morgan fingerprint density at radius 1 is 1.45 bits per heavy atom.